The Morgan fingerprint density at radius 1 is 0.867 bits per heavy atom. The van der Waals surface area contributed by atoms with Crippen LogP contribution in [0.2, 0.25) is 0 Å². The molecule has 84 valence electrons. The maximum absolute atomic E-state index is 3.65. The van der Waals surface area contributed by atoms with Crippen molar-refractivity contribution in [2.75, 3.05) is 0 Å². The lowest BCUT2D eigenvalue weighted by Gasteiger charge is -2.40. The first-order valence-electron chi connectivity index (χ1n) is 6.91. The van der Waals surface area contributed by atoms with Gasteiger partial charge < -0.3 is 0 Å². The smallest absolute Gasteiger partial charge is 0.0272 e. The predicted octanol–water partition coefficient (Wildman–Crippen LogP) is 2.07. The van der Waals surface area contributed by atoms with Crippen LogP contribution >= 0.6 is 0 Å². The molecule has 1 saturated heterocycles. The van der Waals surface area contributed by atoms with Crippen molar-refractivity contribution in [2.45, 2.75) is 57.0 Å². The van der Waals surface area contributed by atoms with E-state index in [1.54, 1.807) is 0 Å². The number of hydrogen-bond acceptors (Lipinski definition) is 2. The highest BCUT2D eigenvalue weighted by Crippen LogP contribution is 2.51. The van der Waals surface area contributed by atoms with Crippen LogP contribution in [0, 0.1) is 23.7 Å². The second-order valence-corrected chi connectivity index (χ2v) is 6.42. The van der Waals surface area contributed by atoms with E-state index >= 15 is 0 Å². The topological polar surface area (TPSA) is 24.1 Å². The van der Waals surface area contributed by atoms with Crippen molar-refractivity contribution >= 4 is 0 Å². The van der Waals surface area contributed by atoms with Crippen LogP contribution < -0.4 is 10.9 Å². The average Bonchev–Trinajstić information content (AvgIpc) is 2.85. The summed E-state index contributed by atoms with van der Waals surface area (Å²) < 4.78 is 0. The maximum atomic E-state index is 3.65. The highest BCUT2D eigenvalue weighted by atomic mass is 15.4. The zero-order chi connectivity index (χ0) is 9.83. The molecule has 4 aliphatic rings. The standard InChI is InChI=1S/C13H22N2/c1-2-8(1)5-11-7-12-9-3-4-10(6-9)13(12)15-14-11/h8-15H,1-7H2. The van der Waals surface area contributed by atoms with E-state index in [4.69, 9.17) is 0 Å². The van der Waals surface area contributed by atoms with Gasteiger partial charge in [-0.05, 0) is 55.8 Å². The number of hydrogen-bond donors (Lipinski definition) is 2. The molecule has 2 nitrogen and oxygen atoms in total. The third kappa shape index (κ3) is 1.45. The zero-order valence-electron chi connectivity index (χ0n) is 9.41. The predicted molar refractivity (Wildman–Crippen MR) is 60.1 cm³/mol. The first kappa shape index (κ1) is 9.00. The Labute approximate surface area is 92.2 Å². The van der Waals surface area contributed by atoms with Gasteiger partial charge in [0.1, 0.15) is 0 Å². The van der Waals surface area contributed by atoms with Gasteiger partial charge in [0.2, 0.25) is 0 Å². The van der Waals surface area contributed by atoms with Gasteiger partial charge in [0.25, 0.3) is 0 Å². The SMILES string of the molecule is C1CC1CC1CC2C3CCC(C3)C2NN1. The average molecular weight is 206 g/mol. The summed E-state index contributed by atoms with van der Waals surface area (Å²) in [6, 6.07) is 1.62. The minimum atomic E-state index is 0.790. The Kier molecular flexibility index (Phi) is 1.92. The summed E-state index contributed by atoms with van der Waals surface area (Å²) in [5, 5.41) is 0. The molecule has 0 amide bonds. The second kappa shape index (κ2) is 3.21. The molecule has 1 aliphatic heterocycles. The summed E-state index contributed by atoms with van der Waals surface area (Å²) in [5.41, 5.74) is 7.24. The highest BCUT2D eigenvalue weighted by Gasteiger charge is 2.49. The van der Waals surface area contributed by atoms with Gasteiger partial charge in [-0.2, -0.15) is 0 Å². The summed E-state index contributed by atoms with van der Waals surface area (Å²) in [6.45, 7) is 0. The normalized spacial score (nSPS) is 53.2. The highest BCUT2D eigenvalue weighted by molar-refractivity contribution is 5.03. The number of hydrazine groups is 1. The zero-order valence-corrected chi connectivity index (χ0v) is 9.41. The Balaban J connectivity index is 1.44. The summed E-state index contributed by atoms with van der Waals surface area (Å²) in [7, 11) is 0. The minimum Gasteiger partial charge on any atom is -0.254 e. The molecule has 2 bridgehead atoms. The molecule has 4 fully saturated rings. The maximum Gasteiger partial charge on any atom is 0.0272 e. The second-order valence-electron chi connectivity index (χ2n) is 6.42. The van der Waals surface area contributed by atoms with Crippen molar-refractivity contribution in [2.24, 2.45) is 23.7 Å². The molecule has 2 heteroatoms. The summed E-state index contributed by atoms with van der Waals surface area (Å²) in [5.74, 6) is 4.18. The first-order chi connectivity index (χ1) is 7.40. The molecule has 3 saturated carbocycles. The van der Waals surface area contributed by atoms with E-state index in [0.717, 1.165) is 35.8 Å². The number of nitrogens with one attached hydrogen (secondary N) is 2. The van der Waals surface area contributed by atoms with Gasteiger partial charge >= 0.3 is 0 Å². The first-order valence-corrected chi connectivity index (χ1v) is 6.91. The molecule has 4 rings (SSSR count). The molecule has 2 N–H and O–H groups in total. The van der Waals surface area contributed by atoms with Crippen LogP contribution in [0.4, 0.5) is 0 Å². The third-order valence-electron chi connectivity index (χ3n) is 5.41. The van der Waals surface area contributed by atoms with Crippen LogP contribution in [-0.2, 0) is 0 Å². The summed E-state index contributed by atoms with van der Waals surface area (Å²) >= 11 is 0. The lowest BCUT2D eigenvalue weighted by atomic mass is 9.79. The number of rotatable bonds is 2. The molecule has 0 aromatic heterocycles. The van der Waals surface area contributed by atoms with Crippen molar-refractivity contribution < 1.29 is 0 Å². The van der Waals surface area contributed by atoms with E-state index in [-0.39, 0.29) is 0 Å². The van der Waals surface area contributed by atoms with Gasteiger partial charge in [-0.15, -0.1) is 0 Å². The molecular weight excluding hydrogens is 184 g/mol. The Morgan fingerprint density at radius 3 is 2.60 bits per heavy atom. The van der Waals surface area contributed by atoms with E-state index in [2.05, 4.69) is 10.9 Å². The van der Waals surface area contributed by atoms with E-state index in [1.165, 1.54) is 44.9 Å². The van der Waals surface area contributed by atoms with Gasteiger partial charge in [0, 0.05) is 12.1 Å². The van der Waals surface area contributed by atoms with Gasteiger partial charge in [0.15, 0.2) is 0 Å². The minimum absolute atomic E-state index is 0.790. The summed E-state index contributed by atoms with van der Waals surface area (Å²) in [6.07, 6.45) is 10.5. The van der Waals surface area contributed by atoms with Gasteiger partial charge in [-0.3, -0.25) is 10.9 Å². The lowest BCUT2D eigenvalue weighted by molar-refractivity contribution is 0.133. The molecule has 0 spiro atoms. The molecule has 1 heterocycles. The van der Waals surface area contributed by atoms with Gasteiger partial charge in [-0.1, -0.05) is 12.8 Å². The Bertz CT molecular complexity index is 261. The molecule has 5 atom stereocenters. The van der Waals surface area contributed by atoms with Crippen molar-refractivity contribution in [1.29, 1.82) is 0 Å². The molecule has 0 aromatic rings. The van der Waals surface area contributed by atoms with Crippen LogP contribution in [-0.4, -0.2) is 12.1 Å². The van der Waals surface area contributed by atoms with E-state index in [1.807, 2.05) is 0 Å². The van der Waals surface area contributed by atoms with E-state index in [9.17, 15) is 0 Å². The number of fused-ring (bicyclic) bond motifs is 5. The monoisotopic (exact) mass is 206 g/mol. The molecule has 3 aliphatic carbocycles. The molecule has 5 unspecified atom stereocenters. The fourth-order valence-electron chi connectivity index (χ4n) is 4.49. The quantitative estimate of drug-likeness (QED) is 0.723. The fraction of sp³-hybridized carbons (Fsp3) is 1.00. The van der Waals surface area contributed by atoms with Crippen molar-refractivity contribution in [1.82, 2.24) is 10.9 Å². The van der Waals surface area contributed by atoms with E-state index < -0.39 is 0 Å². The largest absolute Gasteiger partial charge is 0.254 e. The van der Waals surface area contributed by atoms with E-state index in [0.29, 0.717) is 0 Å². The fourth-order valence-corrected chi connectivity index (χ4v) is 4.49. The Hall–Kier alpha value is -0.0800. The van der Waals surface area contributed by atoms with Crippen molar-refractivity contribution in [3.8, 4) is 0 Å². The van der Waals surface area contributed by atoms with Crippen LogP contribution in [0.25, 0.3) is 0 Å². The molecule has 0 aromatic carbocycles. The molecular formula is C13H22N2. The van der Waals surface area contributed by atoms with Gasteiger partial charge in [-0.25, -0.2) is 0 Å². The van der Waals surface area contributed by atoms with Crippen LogP contribution in [0.5, 0.6) is 0 Å². The summed E-state index contributed by atoms with van der Waals surface area (Å²) in [4.78, 5) is 0. The van der Waals surface area contributed by atoms with Crippen LogP contribution in [0.1, 0.15) is 44.9 Å². The molecule has 0 radical (unpaired) electrons. The van der Waals surface area contributed by atoms with Crippen molar-refractivity contribution in [3.05, 3.63) is 0 Å². The van der Waals surface area contributed by atoms with Crippen LogP contribution in [0.15, 0.2) is 0 Å². The third-order valence-corrected chi connectivity index (χ3v) is 5.41. The Morgan fingerprint density at radius 2 is 1.73 bits per heavy atom. The van der Waals surface area contributed by atoms with Gasteiger partial charge in [0.05, 0.1) is 0 Å². The lowest BCUT2D eigenvalue weighted by Crippen LogP contribution is -2.57. The van der Waals surface area contributed by atoms with Crippen molar-refractivity contribution in [3.63, 3.8) is 0 Å². The van der Waals surface area contributed by atoms with Crippen LogP contribution in [0.3, 0.4) is 0 Å². The molecule has 15 heavy (non-hydrogen) atoms.